The maximum atomic E-state index is 11.5. The Hall–Kier alpha value is -0.700. The summed E-state index contributed by atoms with van der Waals surface area (Å²) in [6.07, 6.45) is -6.25. The number of sulfonamides is 2. The molecule has 0 saturated heterocycles. The summed E-state index contributed by atoms with van der Waals surface area (Å²) in [7, 11) is -13.4. The Labute approximate surface area is 140 Å². The minimum absolute atomic E-state index is 0.778. The second-order valence-corrected chi connectivity index (χ2v) is 7.61. The van der Waals surface area contributed by atoms with Crippen molar-refractivity contribution in [2.24, 2.45) is 0 Å². The molecule has 0 saturated carbocycles. The molecule has 0 N–H and O–H groups in total. The van der Waals surface area contributed by atoms with Gasteiger partial charge in [-0.3, -0.25) is 0 Å². The van der Waals surface area contributed by atoms with Gasteiger partial charge < -0.3 is 4.13 Å². The van der Waals surface area contributed by atoms with Crippen molar-refractivity contribution >= 4 is 32.7 Å². The van der Waals surface area contributed by atoms with Crippen molar-refractivity contribution in [3.8, 4) is 0 Å². The number of hydrogen-bond donors (Lipinski definition) is 0. The maximum Gasteiger partial charge on any atom is 0.480 e. The summed E-state index contributed by atoms with van der Waals surface area (Å²) in [5.74, 6) is -6.04. The molecule has 0 bridgehead atoms. The average molecular weight is 483 g/mol. The minimum Gasteiger partial charge on any atom is -0.421 e. The van der Waals surface area contributed by atoms with Crippen molar-refractivity contribution < 1.29 is 73.9 Å². The van der Waals surface area contributed by atoms with Gasteiger partial charge in [0.05, 0.1) is 0 Å². The zero-order valence-electron chi connectivity index (χ0n) is 10.8. The van der Waals surface area contributed by atoms with E-state index in [1.807, 2.05) is 0 Å². The lowest BCUT2D eigenvalue weighted by molar-refractivity contribution is -0.330. The summed E-state index contributed by atoms with van der Waals surface area (Å²) in [6.45, 7) is 0. The van der Waals surface area contributed by atoms with Gasteiger partial charge in [-0.2, -0.15) is 48.3 Å². The van der Waals surface area contributed by atoms with E-state index in [4.69, 9.17) is 0 Å². The van der Waals surface area contributed by atoms with Crippen molar-refractivity contribution in [1.82, 2.24) is 0 Å². The molecule has 5 nitrogen and oxygen atoms in total. The Bertz CT molecular complexity index is 621. The second kappa shape index (κ2) is 7.37. The molecule has 0 aliphatic carbocycles. The fraction of sp³-hybridized carbons (Fsp3) is 1.00. The predicted octanol–water partition coefficient (Wildman–Crippen LogP) is 2.85. The first-order valence-electron chi connectivity index (χ1n) is 4.65. The van der Waals surface area contributed by atoms with Crippen molar-refractivity contribution in [3.05, 3.63) is 4.13 Å². The third-order valence-electron chi connectivity index (χ3n) is 1.53. The number of alkyl halides is 13. The van der Waals surface area contributed by atoms with Gasteiger partial charge in [0, 0.05) is 12.6 Å². The fourth-order valence-corrected chi connectivity index (χ4v) is 2.24. The van der Waals surface area contributed by atoms with E-state index in [9.17, 15) is 73.9 Å². The van der Waals surface area contributed by atoms with E-state index < -0.39 is 48.4 Å². The maximum absolute atomic E-state index is 11.5. The lowest BCUT2D eigenvalue weighted by atomic mass is 10.3. The van der Waals surface area contributed by atoms with E-state index in [2.05, 4.69) is 0 Å². The predicted molar refractivity (Wildman–Crippen MR) is 59.4 cm³/mol. The third kappa shape index (κ3) is 6.79. The first-order valence-corrected chi connectivity index (χ1v) is 8.03. The van der Waals surface area contributed by atoms with E-state index in [1.165, 1.54) is 0 Å². The lowest BCUT2D eigenvalue weighted by Gasteiger charge is -2.22. The van der Waals surface area contributed by atoms with Gasteiger partial charge in [0.15, 0.2) is 20.0 Å². The number of rotatable bonds is 3. The van der Waals surface area contributed by atoms with Crippen molar-refractivity contribution in [3.63, 3.8) is 0 Å². The molecule has 26 heavy (non-hydrogen) atoms. The van der Waals surface area contributed by atoms with Crippen LogP contribution in [0.5, 0.6) is 0 Å². The fourth-order valence-electron chi connectivity index (χ4n) is 0.392. The van der Waals surface area contributed by atoms with Gasteiger partial charge in [-0.15, -0.1) is 8.78 Å². The molecule has 0 amide bonds. The van der Waals surface area contributed by atoms with Crippen LogP contribution in [0.1, 0.15) is 0 Å². The van der Waals surface area contributed by atoms with Crippen LogP contribution in [0, 0.1) is 0 Å². The molecular formula is C5H2F13NO4S3. The number of nitrogens with zero attached hydrogens (tertiary/aromatic N) is 1. The van der Waals surface area contributed by atoms with Gasteiger partial charge in [0.2, 0.25) is 0 Å². The van der Waals surface area contributed by atoms with Gasteiger partial charge in [-0.1, -0.05) is 0 Å². The molecule has 0 rings (SSSR count). The van der Waals surface area contributed by atoms with Crippen LogP contribution in [-0.2, 0) is 32.7 Å². The van der Waals surface area contributed by atoms with Gasteiger partial charge in [-0.05, 0) is 0 Å². The summed E-state index contributed by atoms with van der Waals surface area (Å²) in [5, 5.41) is -5.27. The zero-order valence-corrected chi connectivity index (χ0v) is 13.4. The molecule has 0 atom stereocenters. The Kier molecular flexibility index (Phi) is 7.80. The molecule has 0 aliphatic heterocycles. The number of halogens is 13. The van der Waals surface area contributed by atoms with E-state index in [1.54, 1.807) is 0 Å². The summed E-state index contributed by atoms with van der Waals surface area (Å²) >= 11 is 0.985. The van der Waals surface area contributed by atoms with Crippen LogP contribution in [-0.4, -0.2) is 45.2 Å². The van der Waals surface area contributed by atoms with Crippen molar-refractivity contribution in [2.75, 3.05) is 0 Å². The molecule has 0 radical (unpaired) electrons. The van der Waals surface area contributed by atoms with Crippen molar-refractivity contribution in [1.29, 1.82) is 0 Å². The first kappa shape index (κ1) is 27.5. The first-order chi connectivity index (χ1) is 10.7. The molecule has 0 aliphatic rings. The van der Waals surface area contributed by atoms with Crippen LogP contribution in [0.4, 0.5) is 57.1 Å². The van der Waals surface area contributed by atoms with E-state index >= 15 is 0 Å². The lowest BCUT2D eigenvalue weighted by Crippen LogP contribution is -2.50. The van der Waals surface area contributed by atoms with E-state index in [0.29, 0.717) is 0 Å². The molecule has 160 valence electrons. The summed E-state index contributed by atoms with van der Waals surface area (Å²) < 4.78 is 188. The molecule has 0 fully saturated rings. The summed E-state index contributed by atoms with van der Waals surface area (Å²) in [4.78, 5) is 0. The van der Waals surface area contributed by atoms with Crippen LogP contribution in [0.2, 0.25) is 0 Å². The van der Waals surface area contributed by atoms with Gasteiger partial charge in [-0.25, -0.2) is 16.8 Å². The molecular weight excluding hydrogens is 481 g/mol. The molecule has 0 aromatic carbocycles. The molecule has 0 unspecified atom stereocenters. The highest BCUT2D eigenvalue weighted by atomic mass is 32.3. The summed E-state index contributed by atoms with van der Waals surface area (Å²) in [5.41, 5.74) is -12.4. The summed E-state index contributed by atoms with van der Waals surface area (Å²) in [6, 6.07) is 0. The van der Waals surface area contributed by atoms with Crippen LogP contribution in [0.15, 0.2) is 0 Å². The van der Waals surface area contributed by atoms with Gasteiger partial charge in [0.25, 0.3) is 0 Å². The Morgan fingerprint density at radius 1 is 0.577 bits per heavy atom. The highest BCUT2D eigenvalue weighted by Crippen LogP contribution is 2.45. The normalized spacial score (nSPS) is 15.3. The SMILES string of the molecule is FC(F)(F)C(F)(F)C(F)(F)[SH2+].O=S(=O)([N-]S(=O)(=O)C(F)(F)F)C(F)(F)F. The van der Waals surface area contributed by atoms with Crippen molar-refractivity contribution in [2.45, 2.75) is 28.4 Å². The number of hydrogen-bond acceptors (Lipinski definition) is 4. The molecule has 0 spiro atoms. The van der Waals surface area contributed by atoms with E-state index in [0.717, 1.165) is 16.8 Å². The van der Waals surface area contributed by atoms with Crippen LogP contribution < -0.4 is 0 Å². The standard InChI is InChI=1S/C3HF7S.C2F6NO4S2/c4-1(5,2(6,7)8)3(9,10)11;3-1(4,5)14(10,11)9-15(12,13)2(6,7)8/h11H;/q;-1/p+1. The smallest absolute Gasteiger partial charge is 0.421 e. The third-order valence-corrected chi connectivity index (χ3v) is 4.59. The molecule has 0 aromatic heterocycles. The van der Waals surface area contributed by atoms with E-state index in [-0.39, 0.29) is 0 Å². The molecule has 21 heteroatoms. The quantitative estimate of drug-likeness (QED) is 0.457. The molecule has 0 heterocycles. The van der Waals surface area contributed by atoms with Crippen LogP contribution in [0.25, 0.3) is 4.13 Å². The minimum atomic E-state index is -6.72. The molecule has 0 aromatic rings. The monoisotopic (exact) mass is 483 g/mol. The van der Waals surface area contributed by atoms with Gasteiger partial charge in [0.1, 0.15) is 0 Å². The Morgan fingerprint density at radius 2 is 0.808 bits per heavy atom. The average Bonchev–Trinajstić information content (AvgIpc) is 2.21. The largest absolute Gasteiger partial charge is 0.480 e. The highest BCUT2D eigenvalue weighted by Gasteiger charge is 2.76. The topological polar surface area (TPSA) is 82.4 Å². The van der Waals surface area contributed by atoms with Gasteiger partial charge >= 0.3 is 28.4 Å². The second-order valence-electron chi connectivity index (χ2n) is 3.56. The highest BCUT2D eigenvalue weighted by molar-refractivity contribution is 8.13. The Balaban J connectivity index is 0. The zero-order chi connectivity index (χ0) is 22.2. The Morgan fingerprint density at radius 3 is 0.885 bits per heavy atom. The van der Waals surface area contributed by atoms with Crippen LogP contribution >= 0.6 is 0 Å². The van der Waals surface area contributed by atoms with Crippen LogP contribution in [0.3, 0.4) is 0 Å².